The molecule has 2 heterocycles. The quantitative estimate of drug-likeness (QED) is 0.798. The molecule has 0 radical (unpaired) electrons. The van der Waals surface area contributed by atoms with Crippen LogP contribution in [0.25, 0.3) is 10.9 Å². The summed E-state index contributed by atoms with van der Waals surface area (Å²) < 4.78 is 3.23. The van der Waals surface area contributed by atoms with E-state index < -0.39 is 5.91 Å². The Morgan fingerprint density at radius 1 is 1.35 bits per heavy atom. The molecule has 0 aliphatic rings. The second-order valence-corrected chi connectivity index (χ2v) is 5.36. The lowest BCUT2D eigenvalue weighted by Gasteiger charge is -2.08. The van der Waals surface area contributed by atoms with Gasteiger partial charge in [-0.2, -0.15) is 10.2 Å². The molecule has 0 fully saturated rings. The molecule has 0 saturated carbocycles. The summed E-state index contributed by atoms with van der Waals surface area (Å²) in [6, 6.07) is 5.50. The molecule has 23 heavy (non-hydrogen) atoms. The normalized spacial score (nSPS) is 10.9. The van der Waals surface area contributed by atoms with Crippen molar-refractivity contribution in [2.24, 2.45) is 7.05 Å². The Morgan fingerprint density at radius 3 is 2.83 bits per heavy atom. The first-order chi connectivity index (χ1) is 11.0. The maximum atomic E-state index is 12.6. The molecule has 1 N–H and O–H groups in total. The lowest BCUT2D eigenvalue weighted by molar-refractivity contribution is 0.101. The maximum absolute atomic E-state index is 12.6. The van der Waals surface area contributed by atoms with E-state index in [0.717, 1.165) is 5.56 Å². The van der Waals surface area contributed by atoms with Crippen molar-refractivity contribution in [3.63, 3.8) is 0 Å². The second kappa shape index (κ2) is 5.68. The van der Waals surface area contributed by atoms with Gasteiger partial charge in [0.05, 0.1) is 22.8 Å². The molecule has 0 saturated heterocycles. The Morgan fingerprint density at radius 2 is 2.13 bits per heavy atom. The lowest BCUT2D eigenvalue weighted by Crippen LogP contribution is -2.26. The van der Waals surface area contributed by atoms with Crippen LogP contribution in [0.1, 0.15) is 23.0 Å². The lowest BCUT2D eigenvalue weighted by atomic mass is 10.1. The summed E-state index contributed by atoms with van der Waals surface area (Å²) in [5, 5.41) is 11.3. The number of amides is 1. The number of benzene rings is 1. The molecule has 0 aliphatic heterocycles. The van der Waals surface area contributed by atoms with Gasteiger partial charge in [-0.05, 0) is 26.0 Å². The van der Waals surface area contributed by atoms with Crippen LogP contribution >= 0.6 is 0 Å². The summed E-state index contributed by atoms with van der Waals surface area (Å²) in [5.41, 5.74) is 1.68. The number of carbonyl (C=O) groups is 1. The SMILES string of the molecule is CCn1cc(NC(=O)c2nn(C)c3ccc(C)cc3c2=O)cn1. The number of hydrogen-bond acceptors (Lipinski definition) is 4. The number of carbonyl (C=O) groups excluding carboxylic acids is 1. The van der Waals surface area contributed by atoms with E-state index in [2.05, 4.69) is 15.5 Å². The van der Waals surface area contributed by atoms with Crippen molar-refractivity contribution in [3.8, 4) is 0 Å². The van der Waals surface area contributed by atoms with Gasteiger partial charge < -0.3 is 5.32 Å². The summed E-state index contributed by atoms with van der Waals surface area (Å²) in [5.74, 6) is -0.537. The predicted octanol–water partition coefficient (Wildman–Crippen LogP) is 1.71. The number of rotatable bonds is 3. The topological polar surface area (TPSA) is 81.8 Å². The Kier molecular flexibility index (Phi) is 3.69. The molecule has 1 amide bonds. The van der Waals surface area contributed by atoms with Crippen molar-refractivity contribution >= 4 is 22.5 Å². The third-order valence-corrected chi connectivity index (χ3v) is 3.64. The fourth-order valence-electron chi connectivity index (χ4n) is 2.43. The van der Waals surface area contributed by atoms with Gasteiger partial charge in [0.15, 0.2) is 5.69 Å². The van der Waals surface area contributed by atoms with Crippen LogP contribution < -0.4 is 10.7 Å². The van der Waals surface area contributed by atoms with Gasteiger partial charge in [-0.15, -0.1) is 0 Å². The largest absolute Gasteiger partial charge is 0.318 e. The zero-order chi connectivity index (χ0) is 16.6. The van der Waals surface area contributed by atoms with Crippen LogP contribution in [0.3, 0.4) is 0 Å². The molecular weight excluding hydrogens is 294 g/mol. The van der Waals surface area contributed by atoms with E-state index in [0.29, 0.717) is 23.1 Å². The molecular formula is C16H17N5O2. The number of aromatic nitrogens is 4. The van der Waals surface area contributed by atoms with Gasteiger partial charge in [-0.25, -0.2) is 0 Å². The summed E-state index contributed by atoms with van der Waals surface area (Å²) in [4.78, 5) is 25.0. The number of hydrogen-bond donors (Lipinski definition) is 1. The minimum atomic E-state index is -0.537. The highest BCUT2D eigenvalue weighted by atomic mass is 16.2. The summed E-state index contributed by atoms with van der Waals surface area (Å²) in [6.45, 7) is 4.55. The molecule has 7 heteroatoms. The van der Waals surface area contributed by atoms with Crippen LogP contribution in [0.15, 0.2) is 35.4 Å². The highest BCUT2D eigenvalue weighted by Gasteiger charge is 2.17. The molecule has 0 atom stereocenters. The van der Waals surface area contributed by atoms with E-state index in [1.807, 2.05) is 26.0 Å². The predicted molar refractivity (Wildman–Crippen MR) is 87.6 cm³/mol. The summed E-state index contributed by atoms with van der Waals surface area (Å²) in [6.07, 6.45) is 3.24. The third kappa shape index (κ3) is 2.73. The fourth-order valence-corrected chi connectivity index (χ4v) is 2.43. The minimum Gasteiger partial charge on any atom is -0.318 e. The van der Waals surface area contributed by atoms with Crippen molar-refractivity contribution in [1.82, 2.24) is 19.6 Å². The van der Waals surface area contributed by atoms with Gasteiger partial charge in [-0.3, -0.25) is 19.0 Å². The monoisotopic (exact) mass is 311 g/mol. The van der Waals surface area contributed by atoms with E-state index in [-0.39, 0.29) is 11.1 Å². The van der Waals surface area contributed by atoms with E-state index >= 15 is 0 Å². The van der Waals surface area contributed by atoms with Gasteiger partial charge in [0, 0.05) is 19.8 Å². The van der Waals surface area contributed by atoms with Crippen molar-refractivity contribution < 1.29 is 4.79 Å². The van der Waals surface area contributed by atoms with Crippen LogP contribution in [-0.4, -0.2) is 25.5 Å². The number of nitrogens with zero attached hydrogens (tertiary/aromatic N) is 4. The molecule has 0 aliphatic carbocycles. The molecule has 3 aromatic rings. The standard InChI is InChI=1S/C16H17N5O2/c1-4-21-9-11(8-17-21)18-16(23)14-15(22)12-7-10(2)5-6-13(12)20(3)19-14/h5-9H,4H2,1-3H3,(H,18,23). The number of fused-ring (bicyclic) bond motifs is 1. The van der Waals surface area contributed by atoms with Gasteiger partial charge in [0.25, 0.3) is 5.91 Å². The average Bonchev–Trinajstić information content (AvgIpc) is 2.98. The molecule has 7 nitrogen and oxygen atoms in total. The molecule has 2 aromatic heterocycles. The Bertz CT molecular complexity index is 955. The third-order valence-electron chi connectivity index (χ3n) is 3.64. The Balaban J connectivity index is 2.03. The van der Waals surface area contributed by atoms with E-state index in [4.69, 9.17) is 0 Å². The molecule has 0 bridgehead atoms. The first-order valence-corrected chi connectivity index (χ1v) is 7.31. The molecule has 1 aromatic carbocycles. The highest BCUT2D eigenvalue weighted by Crippen LogP contribution is 2.12. The molecule has 3 rings (SSSR count). The minimum absolute atomic E-state index is 0.130. The zero-order valence-electron chi connectivity index (χ0n) is 13.2. The second-order valence-electron chi connectivity index (χ2n) is 5.36. The highest BCUT2D eigenvalue weighted by molar-refractivity contribution is 6.04. The van der Waals surface area contributed by atoms with Crippen molar-refractivity contribution in [1.29, 1.82) is 0 Å². The Labute approximate surface area is 132 Å². The molecule has 0 unspecified atom stereocenters. The van der Waals surface area contributed by atoms with Crippen LogP contribution in [0.4, 0.5) is 5.69 Å². The number of nitrogens with one attached hydrogen (secondary N) is 1. The first kappa shape index (κ1) is 15.0. The van der Waals surface area contributed by atoms with E-state index in [1.165, 1.54) is 6.20 Å². The van der Waals surface area contributed by atoms with Crippen molar-refractivity contribution in [2.75, 3.05) is 5.32 Å². The van der Waals surface area contributed by atoms with Crippen molar-refractivity contribution in [2.45, 2.75) is 20.4 Å². The van der Waals surface area contributed by atoms with Crippen LogP contribution in [0.5, 0.6) is 0 Å². The molecule has 118 valence electrons. The first-order valence-electron chi connectivity index (χ1n) is 7.31. The zero-order valence-corrected chi connectivity index (χ0v) is 13.2. The van der Waals surface area contributed by atoms with E-state index in [9.17, 15) is 9.59 Å². The smallest absolute Gasteiger partial charge is 0.280 e. The van der Waals surface area contributed by atoms with E-state index in [1.54, 1.807) is 28.7 Å². The summed E-state index contributed by atoms with van der Waals surface area (Å²) >= 11 is 0. The molecule has 0 spiro atoms. The number of anilines is 1. The average molecular weight is 311 g/mol. The van der Waals surface area contributed by atoms with Crippen molar-refractivity contribution in [3.05, 3.63) is 52.1 Å². The maximum Gasteiger partial charge on any atom is 0.280 e. The van der Waals surface area contributed by atoms with Crippen LogP contribution in [0, 0.1) is 6.92 Å². The van der Waals surface area contributed by atoms with Crippen LogP contribution in [0.2, 0.25) is 0 Å². The van der Waals surface area contributed by atoms with Crippen LogP contribution in [-0.2, 0) is 13.6 Å². The Hall–Kier alpha value is -2.96. The fraction of sp³-hybridized carbons (Fsp3) is 0.250. The summed E-state index contributed by atoms with van der Waals surface area (Å²) in [7, 11) is 1.71. The van der Waals surface area contributed by atoms with Gasteiger partial charge in [0.1, 0.15) is 0 Å². The van der Waals surface area contributed by atoms with Gasteiger partial charge in [-0.1, -0.05) is 11.6 Å². The number of aryl methyl sites for hydroxylation is 3. The van der Waals surface area contributed by atoms with Gasteiger partial charge in [0.2, 0.25) is 5.43 Å². The van der Waals surface area contributed by atoms with Gasteiger partial charge >= 0.3 is 0 Å².